The van der Waals surface area contributed by atoms with Crippen molar-refractivity contribution in [2.75, 3.05) is 19.6 Å². The Morgan fingerprint density at radius 2 is 1.97 bits per heavy atom. The Hall–Kier alpha value is -2.85. The number of carboxylic acids is 1. The van der Waals surface area contributed by atoms with Crippen LogP contribution in [-0.2, 0) is 19.2 Å². The van der Waals surface area contributed by atoms with E-state index < -0.39 is 42.6 Å². The monoisotopic (exact) mass is 413 g/mol. The fourth-order valence-corrected chi connectivity index (χ4v) is 4.80. The number of aliphatic carboxylic acids is 1. The molecule has 29 heavy (non-hydrogen) atoms. The van der Waals surface area contributed by atoms with Crippen molar-refractivity contribution >= 4 is 23.7 Å². The summed E-state index contributed by atoms with van der Waals surface area (Å²) in [5.74, 6) is -3.08. The number of amides is 3. The summed E-state index contributed by atoms with van der Waals surface area (Å²) in [6, 6.07) is -1.09. The van der Waals surface area contributed by atoms with E-state index in [0.717, 1.165) is 4.90 Å². The van der Waals surface area contributed by atoms with Crippen molar-refractivity contribution in [3.05, 3.63) is 22.9 Å². The van der Waals surface area contributed by atoms with Crippen molar-refractivity contribution in [3.8, 4) is 0 Å². The predicted molar refractivity (Wildman–Crippen MR) is 89.9 cm³/mol. The Balaban J connectivity index is 1.65. The molecule has 3 saturated heterocycles. The fourth-order valence-electron chi connectivity index (χ4n) is 4.80. The maximum absolute atomic E-state index is 12.6. The predicted octanol–water partition coefficient (Wildman–Crippen LogP) is 0.507. The zero-order chi connectivity index (χ0) is 21.2. The fraction of sp³-hybridized carbons (Fsp3) is 0.556. The van der Waals surface area contributed by atoms with E-state index in [1.807, 2.05) is 0 Å². The number of likely N-dealkylation sites (tertiary alicyclic amines) is 2. The molecule has 11 heteroatoms. The maximum Gasteiger partial charge on any atom is 0.406 e. The second-order valence-corrected chi connectivity index (χ2v) is 7.72. The number of hydrogen-bond donors (Lipinski definition) is 1. The first-order valence-corrected chi connectivity index (χ1v) is 9.13. The summed E-state index contributed by atoms with van der Waals surface area (Å²) in [4.78, 5) is 51.8. The van der Waals surface area contributed by atoms with Gasteiger partial charge in [0.1, 0.15) is 18.3 Å². The van der Waals surface area contributed by atoms with E-state index in [4.69, 9.17) is 0 Å². The quantitative estimate of drug-likeness (QED) is 0.537. The number of rotatable bonds is 3. The zero-order valence-electron chi connectivity index (χ0n) is 15.4. The van der Waals surface area contributed by atoms with E-state index in [1.165, 1.54) is 17.9 Å². The molecule has 0 aromatic carbocycles. The lowest BCUT2D eigenvalue weighted by atomic mass is 9.79. The second-order valence-electron chi connectivity index (χ2n) is 7.72. The van der Waals surface area contributed by atoms with Crippen LogP contribution in [-0.4, -0.2) is 81.4 Å². The molecule has 4 heterocycles. The van der Waals surface area contributed by atoms with Gasteiger partial charge in [-0.2, -0.15) is 13.2 Å². The van der Waals surface area contributed by atoms with Gasteiger partial charge in [-0.05, 0) is 24.5 Å². The van der Waals surface area contributed by atoms with Crippen molar-refractivity contribution in [1.82, 2.24) is 14.7 Å². The molecule has 0 aromatic rings. The molecule has 3 amide bonds. The van der Waals surface area contributed by atoms with Gasteiger partial charge < -0.3 is 14.9 Å². The molecule has 0 saturated carbocycles. The minimum absolute atomic E-state index is 0.0650. The molecule has 4 rings (SSSR count). The van der Waals surface area contributed by atoms with Crippen LogP contribution in [0.15, 0.2) is 22.9 Å². The molecule has 0 bridgehead atoms. The van der Waals surface area contributed by atoms with Gasteiger partial charge in [-0.3, -0.25) is 19.3 Å². The number of carbonyl (C=O) groups is 4. The number of β-lactam (4-membered cyclic amide) rings is 1. The van der Waals surface area contributed by atoms with Crippen LogP contribution >= 0.6 is 0 Å². The molecule has 156 valence electrons. The van der Waals surface area contributed by atoms with Crippen molar-refractivity contribution in [2.45, 2.75) is 38.0 Å². The minimum atomic E-state index is -4.52. The largest absolute Gasteiger partial charge is 0.477 e. The SMILES string of the molecule is CC(=O)N1CC2CC(/C=C3\CCN(CC(F)(F)F)C3=O)=C(C(=O)O)N3C(=O)C1[C@@H]23. The van der Waals surface area contributed by atoms with E-state index in [1.54, 1.807) is 0 Å². The third kappa shape index (κ3) is 2.99. The van der Waals surface area contributed by atoms with Crippen LogP contribution in [0.2, 0.25) is 0 Å². The summed E-state index contributed by atoms with van der Waals surface area (Å²) in [6.07, 6.45) is -2.91. The number of halogens is 3. The van der Waals surface area contributed by atoms with Gasteiger partial charge in [0, 0.05) is 31.5 Å². The highest BCUT2D eigenvalue weighted by Gasteiger charge is 2.63. The number of hydrogen-bond acceptors (Lipinski definition) is 4. The molecule has 0 aliphatic carbocycles. The molecule has 4 aliphatic heterocycles. The van der Waals surface area contributed by atoms with Gasteiger partial charge in [0.15, 0.2) is 0 Å². The zero-order valence-corrected chi connectivity index (χ0v) is 15.4. The van der Waals surface area contributed by atoms with Gasteiger partial charge >= 0.3 is 12.1 Å². The maximum atomic E-state index is 12.6. The summed E-state index contributed by atoms with van der Waals surface area (Å²) >= 11 is 0. The number of nitrogens with zero attached hydrogens (tertiary/aromatic N) is 3. The lowest BCUT2D eigenvalue weighted by Gasteiger charge is -2.49. The standard InChI is InChI=1S/C18H18F3N3O5/c1-8(25)23-6-11-5-10(13(17(28)29)24-12(11)14(23)16(24)27)4-9-2-3-22(15(9)26)7-18(19,20)21/h4,11-12,14H,2-3,5-7H2,1H3,(H,28,29)/b9-4+/t11?,12-,14?/m1/s1. The van der Waals surface area contributed by atoms with Crippen molar-refractivity contribution in [3.63, 3.8) is 0 Å². The molecular weight excluding hydrogens is 395 g/mol. The molecule has 4 aliphatic rings. The van der Waals surface area contributed by atoms with Gasteiger partial charge in [0.25, 0.3) is 5.91 Å². The number of allylic oxidation sites excluding steroid dienone is 2. The van der Waals surface area contributed by atoms with Crippen LogP contribution in [0.4, 0.5) is 13.2 Å². The van der Waals surface area contributed by atoms with Gasteiger partial charge in [0.2, 0.25) is 11.8 Å². The van der Waals surface area contributed by atoms with E-state index >= 15 is 0 Å². The summed E-state index contributed by atoms with van der Waals surface area (Å²) < 4.78 is 37.8. The van der Waals surface area contributed by atoms with Crippen LogP contribution in [0.3, 0.4) is 0 Å². The van der Waals surface area contributed by atoms with Crippen LogP contribution in [0.5, 0.6) is 0 Å². The first kappa shape index (κ1) is 19.5. The van der Waals surface area contributed by atoms with Gasteiger partial charge in [-0.1, -0.05) is 0 Å². The van der Waals surface area contributed by atoms with Crippen LogP contribution in [0.25, 0.3) is 0 Å². The van der Waals surface area contributed by atoms with Crippen LogP contribution in [0, 0.1) is 5.92 Å². The van der Waals surface area contributed by atoms with Crippen LogP contribution in [0.1, 0.15) is 19.8 Å². The average Bonchev–Trinajstić information content (AvgIpc) is 3.13. The summed E-state index contributed by atoms with van der Waals surface area (Å²) in [5.41, 5.74) is 0.0630. The Kier molecular flexibility index (Phi) is 4.25. The smallest absolute Gasteiger partial charge is 0.406 e. The highest BCUT2D eigenvalue weighted by molar-refractivity contribution is 6.03. The molecule has 0 radical (unpaired) electrons. The number of carboxylic acid groups (broad SMARTS) is 1. The Labute approximate surface area is 163 Å². The van der Waals surface area contributed by atoms with Gasteiger partial charge in [-0.15, -0.1) is 0 Å². The molecule has 0 spiro atoms. The molecule has 0 aromatic heterocycles. The number of carbonyl (C=O) groups excluding carboxylic acids is 3. The van der Waals surface area contributed by atoms with E-state index in [-0.39, 0.29) is 48.1 Å². The van der Waals surface area contributed by atoms with Crippen LogP contribution < -0.4 is 0 Å². The topological polar surface area (TPSA) is 98.2 Å². The molecule has 3 fully saturated rings. The average molecular weight is 413 g/mol. The number of alkyl halides is 3. The lowest BCUT2D eigenvalue weighted by Crippen LogP contribution is -2.69. The van der Waals surface area contributed by atoms with Gasteiger partial charge in [0.05, 0.1) is 6.04 Å². The molecule has 2 unspecified atom stereocenters. The molecule has 8 nitrogen and oxygen atoms in total. The summed E-state index contributed by atoms with van der Waals surface area (Å²) in [7, 11) is 0. The minimum Gasteiger partial charge on any atom is -0.477 e. The molecule has 3 atom stereocenters. The Morgan fingerprint density at radius 3 is 2.55 bits per heavy atom. The molecule has 1 N–H and O–H groups in total. The first-order chi connectivity index (χ1) is 13.5. The first-order valence-electron chi connectivity index (χ1n) is 9.13. The Morgan fingerprint density at radius 1 is 1.28 bits per heavy atom. The normalized spacial score (nSPS) is 30.3. The summed E-state index contributed by atoms with van der Waals surface area (Å²) in [6.45, 7) is 0.169. The summed E-state index contributed by atoms with van der Waals surface area (Å²) in [5, 5.41) is 9.66. The van der Waals surface area contributed by atoms with Crippen molar-refractivity contribution < 1.29 is 37.5 Å². The highest BCUT2D eigenvalue weighted by Crippen LogP contribution is 2.47. The van der Waals surface area contributed by atoms with Crippen molar-refractivity contribution in [2.24, 2.45) is 5.92 Å². The highest BCUT2D eigenvalue weighted by atomic mass is 19.4. The second kappa shape index (κ2) is 6.33. The third-order valence-corrected chi connectivity index (χ3v) is 5.93. The van der Waals surface area contributed by atoms with E-state index in [0.29, 0.717) is 11.4 Å². The van der Waals surface area contributed by atoms with Crippen molar-refractivity contribution in [1.29, 1.82) is 0 Å². The lowest BCUT2D eigenvalue weighted by molar-refractivity contribution is -0.159. The Bertz CT molecular complexity index is 894. The van der Waals surface area contributed by atoms with Gasteiger partial charge in [-0.25, -0.2) is 4.79 Å². The molecular formula is C18H18F3N3O5. The van der Waals surface area contributed by atoms with E-state index in [2.05, 4.69) is 0 Å². The van der Waals surface area contributed by atoms with E-state index in [9.17, 15) is 37.5 Å². The third-order valence-electron chi connectivity index (χ3n) is 5.93.